The van der Waals surface area contributed by atoms with Gasteiger partial charge in [-0.05, 0) is 36.3 Å². The zero-order valence-corrected chi connectivity index (χ0v) is 11.2. The van der Waals surface area contributed by atoms with E-state index < -0.39 is 0 Å². The maximum absolute atomic E-state index is 5.55. The first-order valence-electron chi connectivity index (χ1n) is 6.49. The summed E-state index contributed by atoms with van der Waals surface area (Å²) in [7, 11) is 0. The molecule has 0 bridgehead atoms. The molecule has 2 aromatic carbocycles. The van der Waals surface area contributed by atoms with Crippen LogP contribution in [0.5, 0.6) is 0 Å². The number of hydrogen-bond donors (Lipinski definition) is 0. The highest BCUT2D eigenvalue weighted by Gasteiger charge is 2.06. The molecule has 1 aromatic heterocycles. The van der Waals surface area contributed by atoms with Crippen LogP contribution in [-0.2, 0) is 0 Å². The zero-order valence-electron chi connectivity index (χ0n) is 11.2. The van der Waals surface area contributed by atoms with Gasteiger partial charge in [-0.2, -0.15) is 0 Å². The topological polar surface area (TPSA) is 38.9 Å². The van der Waals surface area contributed by atoms with Gasteiger partial charge in [0.25, 0.3) is 0 Å². The van der Waals surface area contributed by atoms with Crippen molar-refractivity contribution in [3.05, 3.63) is 66.6 Å². The van der Waals surface area contributed by atoms with Gasteiger partial charge in [-0.25, -0.2) is 0 Å². The van der Waals surface area contributed by atoms with Crippen LogP contribution in [0.25, 0.3) is 28.7 Å². The van der Waals surface area contributed by atoms with Gasteiger partial charge in [-0.1, -0.05) is 48.5 Å². The summed E-state index contributed by atoms with van der Waals surface area (Å²) < 4.78 is 5.55. The van der Waals surface area contributed by atoms with E-state index in [-0.39, 0.29) is 0 Å². The Bertz CT molecular complexity index is 712. The SMILES string of the molecule is CC=Cc1nnc(-c2ccc(-c3ccccc3)cc2)o1. The van der Waals surface area contributed by atoms with Gasteiger partial charge in [0.05, 0.1) is 0 Å². The molecule has 3 heteroatoms. The molecule has 3 nitrogen and oxygen atoms in total. The molecule has 1 heterocycles. The van der Waals surface area contributed by atoms with Crippen LogP contribution in [0.3, 0.4) is 0 Å². The van der Waals surface area contributed by atoms with E-state index in [0.717, 1.165) is 5.56 Å². The normalized spacial score (nSPS) is 11.1. The van der Waals surface area contributed by atoms with Gasteiger partial charge < -0.3 is 4.42 Å². The average Bonchev–Trinajstić information content (AvgIpc) is 2.97. The molecular formula is C17H14N2O. The Morgan fingerprint density at radius 1 is 0.800 bits per heavy atom. The fourth-order valence-corrected chi connectivity index (χ4v) is 2.00. The van der Waals surface area contributed by atoms with Crippen LogP contribution in [0.2, 0.25) is 0 Å². The predicted molar refractivity (Wildman–Crippen MR) is 79.9 cm³/mol. The molecule has 0 unspecified atom stereocenters. The van der Waals surface area contributed by atoms with Gasteiger partial charge in [0.15, 0.2) is 0 Å². The molecule has 0 spiro atoms. The second-order valence-electron chi connectivity index (χ2n) is 4.39. The number of rotatable bonds is 3. The summed E-state index contributed by atoms with van der Waals surface area (Å²) in [6.45, 7) is 1.92. The molecule has 0 aliphatic carbocycles. The molecule has 0 radical (unpaired) electrons. The van der Waals surface area contributed by atoms with E-state index in [9.17, 15) is 0 Å². The summed E-state index contributed by atoms with van der Waals surface area (Å²) in [6.07, 6.45) is 3.66. The van der Waals surface area contributed by atoms with E-state index in [1.54, 1.807) is 6.08 Å². The van der Waals surface area contributed by atoms with E-state index in [4.69, 9.17) is 4.42 Å². The molecule has 3 aromatic rings. The Kier molecular flexibility index (Phi) is 3.42. The lowest BCUT2D eigenvalue weighted by molar-refractivity contribution is 0.557. The first kappa shape index (κ1) is 12.4. The van der Waals surface area contributed by atoms with Crippen LogP contribution in [0, 0.1) is 0 Å². The van der Waals surface area contributed by atoms with Crippen LogP contribution < -0.4 is 0 Å². The minimum atomic E-state index is 0.523. The lowest BCUT2D eigenvalue weighted by Crippen LogP contribution is -1.80. The number of benzene rings is 2. The Hall–Kier alpha value is -2.68. The van der Waals surface area contributed by atoms with Crippen LogP contribution in [0.1, 0.15) is 12.8 Å². The molecule has 0 saturated carbocycles. The zero-order chi connectivity index (χ0) is 13.8. The maximum Gasteiger partial charge on any atom is 0.248 e. The Balaban J connectivity index is 1.89. The van der Waals surface area contributed by atoms with Gasteiger partial charge in [0, 0.05) is 5.56 Å². The summed E-state index contributed by atoms with van der Waals surface area (Å²) in [5, 5.41) is 8.00. The van der Waals surface area contributed by atoms with E-state index in [2.05, 4.69) is 34.5 Å². The lowest BCUT2D eigenvalue weighted by atomic mass is 10.0. The molecule has 0 amide bonds. The largest absolute Gasteiger partial charge is 0.417 e. The van der Waals surface area contributed by atoms with Crippen LogP contribution in [0.4, 0.5) is 0 Å². The molecule has 0 N–H and O–H groups in total. The molecule has 0 fully saturated rings. The number of aromatic nitrogens is 2. The first-order valence-corrected chi connectivity index (χ1v) is 6.49. The van der Waals surface area contributed by atoms with E-state index in [1.165, 1.54) is 11.1 Å². The molecule has 98 valence electrons. The molecule has 20 heavy (non-hydrogen) atoms. The van der Waals surface area contributed by atoms with E-state index in [0.29, 0.717) is 11.8 Å². The second kappa shape index (κ2) is 5.53. The third kappa shape index (κ3) is 2.52. The van der Waals surface area contributed by atoms with Crippen molar-refractivity contribution in [3.63, 3.8) is 0 Å². The highest BCUT2D eigenvalue weighted by molar-refractivity contribution is 5.67. The molecule has 3 rings (SSSR count). The molecule has 0 saturated heterocycles. The van der Waals surface area contributed by atoms with Gasteiger partial charge >= 0.3 is 0 Å². The van der Waals surface area contributed by atoms with Crippen LogP contribution in [0.15, 0.2) is 65.1 Å². The van der Waals surface area contributed by atoms with Crippen molar-refractivity contribution in [2.75, 3.05) is 0 Å². The highest BCUT2D eigenvalue weighted by Crippen LogP contribution is 2.24. The third-order valence-corrected chi connectivity index (χ3v) is 2.99. The van der Waals surface area contributed by atoms with Gasteiger partial charge in [-0.3, -0.25) is 0 Å². The van der Waals surface area contributed by atoms with Crippen molar-refractivity contribution in [1.29, 1.82) is 0 Å². The van der Waals surface area contributed by atoms with Crippen LogP contribution in [-0.4, -0.2) is 10.2 Å². The highest BCUT2D eigenvalue weighted by atomic mass is 16.4. The Labute approximate surface area is 117 Å². The van der Waals surface area contributed by atoms with E-state index in [1.807, 2.05) is 43.3 Å². The Morgan fingerprint density at radius 3 is 2.15 bits per heavy atom. The molecular weight excluding hydrogens is 248 g/mol. The van der Waals surface area contributed by atoms with Crippen molar-refractivity contribution in [1.82, 2.24) is 10.2 Å². The van der Waals surface area contributed by atoms with Crippen molar-refractivity contribution in [2.24, 2.45) is 0 Å². The van der Waals surface area contributed by atoms with Crippen LogP contribution >= 0.6 is 0 Å². The number of allylic oxidation sites excluding steroid dienone is 1. The summed E-state index contributed by atoms with van der Waals surface area (Å²) in [6, 6.07) is 18.4. The average molecular weight is 262 g/mol. The third-order valence-electron chi connectivity index (χ3n) is 2.99. The molecule has 0 aliphatic rings. The molecule has 0 aliphatic heterocycles. The maximum atomic E-state index is 5.55. The minimum absolute atomic E-state index is 0.523. The first-order chi connectivity index (χ1) is 9.86. The summed E-state index contributed by atoms with van der Waals surface area (Å²) >= 11 is 0. The number of hydrogen-bond acceptors (Lipinski definition) is 3. The quantitative estimate of drug-likeness (QED) is 0.700. The predicted octanol–water partition coefficient (Wildman–Crippen LogP) is 4.44. The summed E-state index contributed by atoms with van der Waals surface area (Å²) in [4.78, 5) is 0. The van der Waals surface area contributed by atoms with Crippen molar-refractivity contribution in [3.8, 4) is 22.6 Å². The Morgan fingerprint density at radius 2 is 1.45 bits per heavy atom. The van der Waals surface area contributed by atoms with Gasteiger partial charge in [0.2, 0.25) is 11.8 Å². The van der Waals surface area contributed by atoms with Gasteiger partial charge in [-0.15, -0.1) is 10.2 Å². The fourth-order valence-electron chi connectivity index (χ4n) is 2.00. The van der Waals surface area contributed by atoms with Crippen molar-refractivity contribution >= 4 is 6.08 Å². The molecule has 0 atom stereocenters. The standard InChI is InChI=1S/C17H14N2O/c1-2-6-16-18-19-17(20-16)15-11-9-14(10-12-15)13-7-4-3-5-8-13/h2-12H,1H3. The van der Waals surface area contributed by atoms with E-state index >= 15 is 0 Å². The smallest absolute Gasteiger partial charge is 0.248 e. The van der Waals surface area contributed by atoms with Crippen molar-refractivity contribution < 1.29 is 4.42 Å². The van der Waals surface area contributed by atoms with Gasteiger partial charge in [0.1, 0.15) is 0 Å². The number of nitrogens with zero attached hydrogens (tertiary/aromatic N) is 2. The fraction of sp³-hybridized carbons (Fsp3) is 0.0588. The van der Waals surface area contributed by atoms with Crippen molar-refractivity contribution in [2.45, 2.75) is 6.92 Å². The lowest BCUT2D eigenvalue weighted by Gasteiger charge is -2.01. The minimum Gasteiger partial charge on any atom is -0.417 e. The monoisotopic (exact) mass is 262 g/mol. The summed E-state index contributed by atoms with van der Waals surface area (Å²) in [5.41, 5.74) is 3.29. The second-order valence-corrected chi connectivity index (χ2v) is 4.39. The summed E-state index contributed by atoms with van der Waals surface area (Å²) in [5.74, 6) is 1.06.